The Kier molecular flexibility index (Phi) is 12.8. The number of carbonyl (C=O) groups excluding carboxylic acids is 2. The van der Waals surface area contributed by atoms with Gasteiger partial charge in [-0.25, -0.2) is 0 Å². The molecule has 0 aliphatic carbocycles. The number of benzene rings is 6. The van der Waals surface area contributed by atoms with Crippen LogP contribution in [0.4, 0.5) is 34.1 Å². The van der Waals surface area contributed by atoms with E-state index in [0.29, 0.717) is 10.0 Å². The van der Waals surface area contributed by atoms with Gasteiger partial charge in [0.1, 0.15) is 23.5 Å². The van der Waals surface area contributed by atoms with E-state index < -0.39 is 44.6 Å². The van der Waals surface area contributed by atoms with Gasteiger partial charge >= 0.3 is 0 Å². The lowest BCUT2D eigenvalue weighted by atomic mass is 9.96. The number of nitro benzene ring substituents is 2. The van der Waals surface area contributed by atoms with Gasteiger partial charge in [-0.05, 0) is 70.8 Å². The van der Waals surface area contributed by atoms with Crippen LogP contribution in [0.25, 0.3) is 0 Å². The normalized spacial score (nSPS) is 11.9. The van der Waals surface area contributed by atoms with Gasteiger partial charge in [0, 0.05) is 58.8 Å². The second-order valence-corrected chi connectivity index (χ2v) is 14.8. The predicted octanol–water partition coefficient (Wildman–Crippen LogP) is 8.80. The quantitative estimate of drug-likeness (QED) is 0.0540. The lowest BCUT2D eigenvalue weighted by Crippen LogP contribution is -2.49. The Labute approximate surface area is 363 Å². The van der Waals surface area contributed by atoms with Crippen molar-refractivity contribution >= 4 is 69.1 Å². The van der Waals surface area contributed by atoms with Crippen molar-refractivity contribution < 1.29 is 19.4 Å². The maximum absolute atomic E-state index is 14.8. The first-order valence-electron chi connectivity index (χ1n) is 19.0. The molecule has 7 aromatic carbocycles. The van der Waals surface area contributed by atoms with Gasteiger partial charge in [-0.1, -0.05) is 108 Å². The SMILES string of the molecule is O=C(NCc1ccccc1)C(c1cccc([N+](=O)[O-])c1)N(c1ccc(Cl)cc1)c1c(N(c2ccc(Cl)cc2)C(C(=O)NCc2ccccc2)c2cccc([N+](=O)[O-])c2)c(=O)c1=O. The smallest absolute Gasteiger partial charge is 0.269 e. The van der Waals surface area contributed by atoms with Crippen LogP contribution in [-0.4, -0.2) is 21.7 Å². The summed E-state index contributed by atoms with van der Waals surface area (Å²) in [5.41, 5.74) is -1.58. The third kappa shape index (κ3) is 9.21. The molecule has 2 amide bonds. The molecule has 0 aliphatic heterocycles. The van der Waals surface area contributed by atoms with Crippen molar-refractivity contribution in [1.82, 2.24) is 10.6 Å². The minimum atomic E-state index is -1.56. The summed E-state index contributed by atoms with van der Waals surface area (Å²) in [7, 11) is 0. The van der Waals surface area contributed by atoms with E-state index in [-0.39, 0.29) is 58.3 Å². The average molecular weight is 870 g/mol. The fraction of sp³-hybridized carbons (Fsp3) is 0.0870. The summed E-state index contributed by atoms with van der Waals surface area (Å²) in [5, 5.41) is 30.6. The molecule has 7 aromatic rings. The van der Waals surface area contributed by atoms with E-state index in [1.807, 2.05) is 12.1 Å². The Balaban J connectivity index is 1.48. The van der Waals surface area contributed by atoms with Gasteiger partial charge in [0.15, 0.2) is 0 Å². The molecule has 0 radical (unpaired) electrons. The van der Waals surface area contributed by atoms with Crippen LogP contribution in [0.1, 0.15) is 34.3 Å². The number of nitro groups is 2. The molecule has 2 N–H and O–H groups in total. The number of amides is 2. The fourth-order valence-electron chi connectivity index (χ4n) is 7.05. The first-order chi connectivity index (χ1) is 29.9. The lowest BCUT2D eigenvalue weighted by molar-refractivity contribution is -0.385. The van der Waals surface area contributed by atoms with E-state index in [4.69, 9.17) is 23.2 Å². The summed E-state index contributed by atoms with van der Waals surface area (Å²) in [4.78, 5) is 83.8. The van der Waals surface area contributed by atoms with Crippen molar-refractivity contribution in [1.29, 1.82) is 0 Å². The highest BCUT2D eigenvalue weighted by Crippen LogP contribution is 2.45. The number of nitrogens with zero attached hydrogens (tertiary/aromatic N) is 4. The number of anilines is 4. The second-order valence-electron chi connectivity index (χ2n) is 14.0. The van der Waals surface area contributed by atoms with Crippen LogP contribution in [0, 0.1) is 20.2 Å². The van der Waals surface area contributed by atoms with Crippen LogP contribution in [0.3, 0.4) is 0 Å². The standard InChI is InChI=1S/C46H34Cl2N6O8/c47-33-17-21-35(22-18-33)51(39(31-13-7-15-37(25-31)53(59)60)45(57)49-27-29-9-3-1-4-10-29)41-42(44(56)43(41)55)52(36-23-19-34(48)20-24-36)40(32-14-8-16-38(26-32)54(61)62)46(58)50-28-30-11-5-2-6-12-30/h1-26,39-40H,27-28H2,(H,49,57)(H,50,58). The van der Waals surface area contributed by atoms with Crippen molar-refractivity contribution in [2.45, 2.75) is 25.2 Å². The highest BCUT2D eigenvalue weighted by atomic mass is 35.5. The first kappa shape index (κ1) is 42.4. The van der Waals surface area contributed by atoms with Crippen molar-refractivity contribution in [3.63, 3.8) is 0 Å². The molecule has 16 heteroatoms. The zero-order chi connectivity index (χ0) is 43.9. The summed E-state index contributed by atoms with van der Waals surface area (Å²) >= 11 is 12.7. The number of rotatable bonds is 16. The Morgan fingerprint density at radius 1 is 0.516 bits per heavy atom. The van der Waals surface area contributed by atoms with Crippen molar-refractivity contribution in [2.75, 3.05) is 9.80 Å². The summed E-state index contributed by atoms with van der Waals surface area (Å²) in [6, 6.07) is 37.5. The summed E-state index contributed by atoms with van der Waals surface area (Å²) in [6.45, 7) is 0.0391. The fourth-order valence-corrected chi connectivity index (χ4v) is 7.30. The molecule has 0 aromatic heterocycles. The third-order valence-corrected chi connectivity index (χ3v) is 10.5. The van der Waals surface area contributed by atoms with E-state index in [2.05, 4.69) is 10.6 Å². The molecule has 0 saturated carbocycles. The number of hydrogen-bond donors (Lipinski definition) is 2. The number of halogens is 2. The zero-order valence-corrected chi connectivity index (χ0v) is 33.9. The Hall–Kier alpha value is -7.68. The first-order valence-corrected chi connectivity index (χ1v) is 19.7. The van der Waals surface area contributed by atoms with Crippen LogP contribution in [-0.2, 0) is 22.7 Å². The molecule has 14 nitrogen and oxygen atoms in total. The van der Waals surface area contributed by atoms with E-state index in [9.17, 15) is 39.4 Å². The van der Waals surface area contributed by atoms with Gasteiger partial charge in [-0.3, -0.25) is 39.4 Å². The highest BCUT2D eigenvalue weighted by Gasteiger charge is 2.42. The van der Waals surface area contributed by atoms with Gasteiger partial charge in [-0.2, -0.15) is 0 Å². The predicted molar refractivity (Wildman–Crippen MR) is 237 cm³/mol. The number of non-ortho nitro benzene ring substituents is 2. The molecule has 7 rings (SSSR count). The lowest BCUT2D eigenvalue weighted by Gasteiger charge is -2.39. The van der Waals surface area contributed by atoms with Crippen LogP contribution < -0.4 is 31.3 Å². The minimum absolute atomic E-state index is 0.0195. The van der Waals surface area contributed by atoms with Gasteiger partial charge in [0.05, 0.1) is 9.85 Å². The third-order valence-electron chi connectivity index (χ3n) is 9.98. The summed E-state index contributed by atoms with van der Waals surface area (Å²) in [6.07, 6.45) is 0. The minimum Gasteiger partial charge on any atom is -0.350 e. The van der Waals surface area contributed by atoms with Gasteiger partial charge in [-0.15, -0.1) is 0 Å². The molecule has 0 saturated heterocycles. The molecule has 0 aliphatic rings. The molecule has 62 heavy (non-hydrogen) atoms. The molecular weight excluding hydrogens is 835 g/mol. The Morgan fingerprint density at radius 2 is 0.871 bits per heavy atom. The molecule has 310 valence electrons. The van der Waals surface area contributed by atoms with Gasteiger partial charge in [0.2, 0.25) is 11.8 Å². The van der Waals surface area contributed by atoms with E-state index in [0.717, 1.165) is 11.1 Å². The van der Waals surface area contributed by atoms with Crippen LogP contribution >= 0.6 is 23.2 Å². The molecule has 0 bridgehead atoms. The number of carbonyl (C=O) groups is 2. The van der Waals surface area contributed by atoms with E-state index in [1.165, 1.54) is 107 Å². The average Bonchev–Trinajstić information content (AvgIpc) is 3.29. The van der Waals surface area contributed by atoms with E-state index in [1.54, 1.807) is 48.5 Å². The van der Waals surface area contributed by atoms with Gasteiger partial charge < -0.3 is 20.4 Å². The Bertz CT molecular complexity index is 2640. The highest BCUT2D eigenvalue weighted by molar-refractivity contribution is 6.31. The number of hydrogen-bond acceptors (Lipinski definition) is 10. The molecule has 0 heterocycles. The van der Waals surface area contributed by atoms with Crippen molar-refractivity contribution in [3.05, 3.63) is 231 Å². The molecule has 0 fully saturated rings. The second kappa shape index (κ2) is 18.7. The zero-order valence-electron chi connectivity index (χ0n) is 32.4. The molecule has 2 unspecified atom stereocenters. The molecule has 0 spiro atoms. The monoisotopic (exact) mass is 868 g/mol. The summed E-state index contributed by atoms with van der Waals surface area (Å²) < 4.78 is 0. The largest absolute Gasteiger partial charge is 0.350 e. The van der Waals surface area contributed by atoms with Crippen LogP contribution in [0.5, 0.6) is 0 Å². The summed E-state index contributed by atoms with van der Waals surface area (Å²) in [5.74, 6) is -1.42. The van der Waals surface area contributed by atoms with Gasteiger partial charge in [0.25, 0.3) is 22.2 Å². The maximum atomic E-state index is 14.8. The molecular formula is C46H34Cl2N6O8. The van der Waals surface area contributed by atoms with E-state index >= 15 is 0 Å². The van der Waals surface area contributed by atoms with Crippen LogP contribution in [0.15, 0.2) is 167 Å². The molecule has 2 atom stereocenters. The topological polar surface area (TPSA) is 185 Å². The van der Waals surface area contributed by atoms with Crippen molar-refractivity contribution in [2.24, 2.45) is 0 Å². The van der Waals surface area contributed by atoms with Crippen molar-refractivity contribution in [3.8, 4) is 0 Å². The maximum Gasteiger partial charge on any atom is 0.269 e. The number of nitrogens with one attached hydrogen (secondary N) is 2. The van der Waals surface area contributed by atoms with Crippen LogP contribution in [0.2, 0.25) is 10.0 Å². The Morgan fingerprint density at radius 3 is 1.21 bits per heavy atom.